The minimum absolute atomic E-state index is 0.0835. The Kier molecular flexibility index (Phi) is 5.09. The van der Waals surface area contributed by atoms with E-state index in [0.717, 1.165) is 17.5 Å². The lowest BCUT2D eigenvalue weighted by Gasteiger charge is -2.06. The molecule has 0 saturated heterocycles. The molecule has 134 valence electrons. The van der Waals surface area contributed by atoms with Gasteiger partial charge in [-0.25, -0.2) is 13.6 Å². The smallest absolute Gasteiger partial charge is 0.327 e. The molecular weight excluding hydrogens is 342 g/mol. The van der Waals surface area contributed by atoms with Crippen molar-refractivity contribution < 1.29 is 23.8 Å². The van der Waals surface area contributed by atoms with Crippen LogP contribution in [0.25, 0.3) is 10.9 Å². The molecule has 0 aliphatic rings. The predicted molar refractivity (Wildman–Crippen MR) is 91.6 cm³/mol. The van der Waals surface area contributed by atoms with E-state index in [4.69, 9.17) is 5.11 Å². The fourth-order valence-corrected chi connectivity index (χ4v) is 2.74. The highest BCUT2D eigenvalue weighted by Gasteiger charge is 2.13. The lowest BCUT2D eigenvalue weighted by molar-refractivity contribution is -0.131. The third kappa shape index (κ3) is 3.78. The Morgan fingerprint density at radius 1 is 1.19 bits per heavy atom. The number of aliphatic hydroxyl groups is 1. The Bertz CT molecular complexity index is 996. The van der Waals surface area contributed by atoms with Crippen molar-refractivity contribution in [3.05, 3.63) is 77.0 Å². The third-order valence-corrected chi connectivity index (χ3v) is 3.98. The zero-order valence-corrected chi connectivity index (χ0v) is 13.7. The molecule has 0 aliphatic carbocycles. The summed E-state index contributed by atoms with van der Waals surface area (Å²) in [6, 6.07) is 8.63. The topological polar surface area (TPSA) is 75.3 Å². The van der Waals surface area contributed by atoms with E-state index in [2.05, 4.69) is 5.10 Å². The second-order valence-electron chi connectivity index (χ2n) is 5.79. The molecule has 0 atom stereocenters. The van der Waals surface area contributed by atoms with Crippen molar-refractivity contribution in [3.8, 4) is 0 Å². The number of aromatic nitrogens is 2. The number of hydrogen-bond acceptors (Lipinski definition) is 3. The molecule has 0 saturated carbocycles. The van der Waals surface area contributed by atoms with Crippen LogP contribution in [0, 0.1) is 11.6 Å². The number of allylic oxidation sites excluding steroid dienone is 1. The van der Waals surface area contributed by atoms with Crippen LogP contribution in [-0.4, -0.2) is 26.0 Å². The molecule has 2 aromatic carbocycles. The predicted octanol–water partition coefficient (Wildman–Crippen LogP) is 3.04. The normalized spacial score (nSPS) is 11.5. The van der Waals surface area contributed by atoms with E-state index in [-0.39, 0.29) is 18.7 Å². The Morgan fingerprint density at radius 2 is 2.00 bits per heavy atom. The van der Waals surface area contributed by atoms with Crippen molar-refractivity contribution >= 4 is 16.9 Å². The first-order valence-corrected chi connectivity index (χ1v) is 7.90. The maximum absolute atomic E-state index is 14.0. The van der Waals surface area contributed by atoms with E-state index < -0.39 is 17.6 Å². The van der Waals surface area contributed by atoms with Crippen LogP contribution in [0.1, 0.15) is 16.8 Å². The molecule has 26 heavy (non-hydrogen) atoms. The largest absolute Gasteiger partial charge is 0.478 e. The lowest BCUT2D eigenvalue weighted by atomic mass is 10.1. The molecule has 2 N–H and O–H groups in total. The summed E-state index contributed by atoms with van der Waals surface area (Å²) in [5, 5.41) is 23.3. The minimum Gasteiger partial charge on any atom is -0.478 e. The van der Waals surface area contributed by atoms with Crippen LogP contribution in [0.2, 0.25) is 0 Å². The first-order chi connectivity index (χ1) is 12.5. The van der Waals surface area contributed by atoms with Crippen LogP contribution in [0.3, 0.4) is 0 Å². The summed E-state index contributed by atoms with van der Waals surface area (Å²) < 4.78 is 28.6. The number of nitrogens with zero attached hydrogens (tertiary/aromatic N) is 2. The first kappa shape index (κ1) is 17.8. The van der Waals surface area contributed by atoms with Gasteiger partial charge in [-0.15, -0.1) is 0 Å². The van der Waals surface area contributed by atoms with Crippen LogP contribution >= 0.6 is 0 Å². The number of carboxylic acid groups (broad SMARTS) is 1. The third-order valence-electron chi connectivity index (χ3n) is 3.98. The van der Waals surface area contributed by atoms with Crippen molar-refractivity contribution in [3.63, 3.8) is 0 Å². The molecule has 1 aromatic heterocycles. The summed E-state index contributed by atoms with van der Waals surface area (Å²) in [6.45, 7) is -0.0690. The van der Waals surface area contributed by atoms with E-state index in [1.54, 1.807) is 22.9 Å². The maximum atomic E-state index is 14.0. The Hall–Kier alpha value is -3.06. The molecule has 0 aliphatic heterocycles. The first-order valence-electron chi connectivity index (χ1n) is 7.90. The van der Waals surface area contributed by atoms with Gasteiger partial charge in [0.2, 0.25) is 0 Å². The van der Waals surface area contributed by atoms with E-state index in [1.165, 1.54) is 18.2 Å². The molecule has 3 rings (SSSR count). The summed E-state index contributed by atoms with van der Waals surface area (Å²) in [7, 11) is 0. The molecule has 0 amide bonds. The van der Waals surface area contributed by atoms with Crippen LogP contribution in [0.4, 0.5) is 8.78 Å². The van der Waals surface area contributed by atoms with Crippen LogP contribution in [-0.2, 0) is 24.4 Å². The van der Waals surface area contributed by atoms with Crippen molar-refractivity contribution in [2.24, 2.45) is 0 Å². The summed E-state index contributed by atoms with van der Waals surface area (Å²) in [4.78, 5) is 10.6. The lowest BCUT2D eigenvalue weighted by Crippen LogP contribution is -2.05. The summed E-state index contributed by atoms with van der Waals surface area (Å²) >= 11 is 0. The molecule has 1 heterocycles. The van der Waals surface area contributed by atoms with Gasteiger partial charge in [-0.1, -0.05) is 24.3 Å². The SMILES string of the molecule is O=C(O)C=CCc1nn(Cc2ccc(F)cc2F)c2cc(CO)ccc12. The van der Waals surface area contributed by atoms with Crippen molar-refractivity contribution in [1.82, 2.24) is 9.78 Å². The molecular formula is C19H16F2N2O3. The Morgan fingerprint density at radius 3 is 2.69 bits per heavy atom. The fourth-order valence-electron chi connectivity index (χ4n) is 2.74. The van der Waals surface area contributed by atoms with Gasteiger partial charge < -0.3 is 10.2 Å². The number of benzene rings is 2. The zero-order chi connectivity index (χ0) is 18.7. The number of fused-ring (bicyclic) bond motifs is 1. The van der Waals surface area contributed by atoms with Crippen molar-refractivity contribution in [2.75, 3.05) is 0 Å². The summed E-state index contributed by atoms with van der Waals surface area (Å²) in [5.74, 6) is -2.37. The number of halogens is 2. The van der Waals surface area contributed by atoms with Gasteiger partial charge in [0.1, 0.15) is 11.6 Å². The average molecular weight is 358 g/mol. The molecule has 0 radical (unpaired) electrons. The number of carboxylic acids is 1. The van der Waals surface area contributed by atoms with Gasteiger partial charge in [0.25, 0.3) is 0 Å². The Labute approximate surface area is 147 Å². The molecule has 0 spiro atoms. The van der Waals surface area contributed by atoms with Gasteiger partial charge in [-0.3, -0.25) is 4.68 Å². The quantitative estimate of drug-likeness (QED) is 0.664. The Balaban J connectivity index is 2.03. The second kappa shape index (κ2) is 7.45. The van der Waals surface area contributed by atoms with Gasteiger partial charge in [-0.2, -0.15) is 5.10 Å². The molecule has 7 heteroatoms. The standard InChI is InChI=1S/C19H16F2N2O3/c20-14-6-5-13(16(21)9-14)10-23-18-8-12(11-24)4-7-15(18)17(22-23)2-1-3-19(25)26/h1,3-9,24H,2,10-11H2,(H,25,26). The summed E-state index contributed by atoms with van der Waals surface area (Å²) in [5.41, 5.74) is 2.26. The van der Waals surface area contributed by atoms with Crippen LogP contribution in [0.5, 0.6) is 0 Å². The van der Waals surface area contributed by atoms with Gasteiger partial charge in [0.05, 0.1) is 24.4 Å². The highest BCUT2D eigenvalue weighted by Crippen LogP contribution is 2.23. The van der Waals surface area contributed by atoms with Gasteiger partial charge >= 0.3 is 5.97 Å². The monoisotopic (exact) mass is 358 g/mol. The van der Waals surface area contributed by atoms with E-state index in [1.807, 2.05) is 0 Å². The molecule has 5 nitrogen and oxygen atoms in total. The van der Waals surface area contributed by atoms with Gasteiger partial charge in [0.15, 0.2) is 0 Å². The van der Waals surface area contributed by atoms with E-state index >= 15 is 0 Å². The van der Waals surface area contributed by atoms with Crippen molar-refractivity contribution in [1.29, 1.82) is 0 Å². The van der Waals surface area contributed by atoms with Crippen LogP contribution in [0.15, 0.2) is 48.6 Å². The number of aliphatic hydroxyl groups excluding tert-OH is 1. The van der Waals surface area contributed by atoms with Crippen molar-refractivity contribution in [2.45, 2.75) is 19.6 Å². The highest BCUT2D eigenvalue weighted by atomic mass is 19.1. The highest BCUT2D eigenvalue weighted by molar-refractivity contribution is 5.83. The van der Waals surface area contributed by atoms with Crippen LogP contribution < -0.4 is 0 Å². The molecule has 3 aromatic rings. The molecule has 0 fully saturated rings. The molecule has 0 unspecified atom stereocenters. The maximum Gasteiger partial charge on any atom is 0.327 e. The zero-order valence-electron chi connectivity index (χ0n) is 13.7. The summed E-state index contributed by atoms with van der Waals surface area (Å²) in [6.07, 6.45) is 2.81. The van der Waals surface area contributed by atoms with E-state index in [0.29, 0.717) is 23.2 Å². The van der Waals surface area contributed by atoms with Gasteiger partial charge in [-0.05, 0) is 17.7 Å². The van der Waals surface area contributed by atoms with E-state index in [9.17, 15) is 18.7 Å². The average Bonchev–Trinajstić information content (AvgIpc) is 2.94. The molecule has 0 bridgehead atoms. The number of carbonyl (C=O) groups is 1. The number of aliphatic carboxylic acids is 1. The van der Waals surface area contributed by atoms with Gasteiger partial charge in [0, 0.05) is 29.5 Å². The number of rotatable bonds is 6. The minimum atomic E-state index is -1.05. The second-order valence-corrected chi connectivity index (χ2v) is 5.79. The fraction of sp³-hybridized carbons (Fsp3) is 0.158. The number of hydrogen-bond donors (Lipinski definition) is 2.